The van der Waals surface area contributed by atoms with Crippen LogP contribution in [0.2, 0.25) is 0 Å². The summed E-state index contributed by atoms with van der Waals surface area (Å²) in [5.41, 5.74) is 16.9. The molecule has 0 radical (unpaired) electrons. The van der Waals surface area contributed by atoms with Crippen molar-refractivity contribution in [3.63, 3.8) is 0 Å². The average Bonchev–Trinajstić information content (AvgIpc) is 2.40. The maximum Gasteiger partial charge on any atom is 0.0633 e. The molecule has 0 unspecified atom stereocenters. The van der Waals surface area contributed by atoms with E-state index in [0.29, 0.717) is 11.4 Å². The molecule has 3 rings (SSSR count). The van der Waals surface area contributed by atoms with Crippen molar-refractivity contribution >= 4 is 22.1 Å². The molecule has 0 saturated heterocycles. The minimum atomic E-state index is 0.634. The molecule has 0 atom stereocenters. The second-order valence-electron chi connectivity index (χ2n) is 4.85. The Hall–Kier alpha value is -2.48. The van der Waals surface area contributed by atoms with Crippen molar-refractivity contribution in [2.24, 2.45) is 0 Å². The lowest BCUT2D eigenvalue weighted by Gasteiger charge is -2.13. The maximum absolute atomic E-state index is 6.21. The van der Waals surface area contributed by atoms with Gasteiger partial charge in [-0.15, -0.1) is 0 Å². The Morgan fingerprint density at radius 3 is 2.42 bits per heavy atom. The van der Waals surface area contributed by atoms with E-state index in [4.69, 9.17) is 11.5 Å². The lowest BCUT2D eigenvalue weighted by molar-refractivity contribution is 1.47. The zero-order valence-electron chi connectivity index (χ0n) is 10.9. The van der Waals surface area contributed by atoms with Crippen molar-refractivity contribution in [2.45, 2.75) is 6.92 Å². The summed E-state index contributed by atoms with van der Waals surface area (Å²) in [5.74, 6) is 0. The van der Waals surface area contributed by atoms with Crippen molar-refractivity contribution < 1.29 is 0 Å². The molecule has 2 heteroatoms. The fourth-order valence-electron chi connectivity index (χ4n) is 2.50. The van der Waals surface area contributed by atoms with Crippen LogP contribution in [0.3, 0.4) is 0 Å². The Labute approximate surface area is 112 Å². The lowest BCUT2D eigenvalue weighted by Crippen LogP contribution is -1.98. The molecule has 0 fully saturated rings. The van der Waals surface area contributed by atoms with Gasteiger partial charge in [0.1, 0.15) is 0 Å². The fourth-order valence-corrected chi connectivity index (χ4v) is 2.50. The molecule has 0 aliphatic carbocycles. The third kappa shape index (κ3) is 1.91. The van der Waals surface area contributed by atoms with E-state index < -0.39 is 0 Å². The van der Waals surface area contributed by atoms with E-state index in [-0.39, 0.29) is 0 Å². The van der Waals surface area contributed by atoms with Crippen LogP contribution in [0.15, 0.2) is 54.6 Å². The highest BCUT2D eigenvalue weighted by atomic mass is 14.7. The van der Waals surface area contributed by atoms with Crippen LogP contribution in [0.1, 0.15) is 5.56 Å². The number of aryl methyl sites for hydroxylation is 1. The van der Waals surface area contributed by atoms with Crippen molar-refractivity contribution in [1.82, 2.24) is 0 Å². The molecule has 0 aliphatic rings. The fraction of sp³-hybridized carbons (Fsp3) is 0.0588. The van der Waals surface area contributed by atoms with Crippen LogP contribution in [0.5, 0.6) is 0 Å². The summed E-state index contributed by atoms with van der Waals surface area (Å²) in [4.78, 5) is 0. The van der Waals surface area contributed by atoms with Gasteiger partial charge in [0.25, 0.3) is 0 Å². The number of rotatable bonds is 1. The summed E-state index contributed by atoms with van der Waals surface area (Å²) in [7, 11) is 0. The first-order chi connectivity index (χ1) is 9.16. The standard InChI is InChI=1S/C17H16N2/c1-11-5-4-7-13(9-11)16-14-8-3-2-6-12(14)10-15(18)17(16)19/h2-10H,18-19H2,1H3. The molecule has 2 nitrogen and oxygen atoms in total. The smallest absolute Gasteiger partial charge is 0.0633 e. The Morgan fingerprint density at radius 1 is 0.842 bits per heavy atom. The van der Waals surface area contributed by atoms with Gasteiger partial charge in [-0.2, -0.15) is 0 Å². The van der Waals surface area contributed by atoms with E-state index in [0.717, 1.165) is 21.9 Å². The molecule has 94 valence electrons. The monoisotopic (exact) mass is 248 g/mol. The van der Waals surface area contributed by atoms with Gasteiger partial charge in [0.2, 0.25) is 0 Å². The quantitative estimate of drug-likeness (QED) is 0.640. The number of nitrogen functional groups attached to an aromatic ring is 2. The molecule has 3 aromatic carbocycles. The minimum absolute atomic E-state index is 0.634. The van der Waals surface area contributed by atoms with E-state index in [1.807, 2.05) is 24.3 Å². The minimum Gasteiger partial charge on any atom is -0.397 e. The van der Waals surface area contributed by atoms with Gasteiger partial charge in [-0.3, -0.25) is 0 Å². The van der Waals surface area contributed by atoms with Crippen molar-refractivity contribution in [3.05, 3.63) is 60.2 Å². The molecule has 0 amide bonds. The Morgan fingerprint density at radius 2 is 1.63 bits per heavy atom. The van der Waals surface area contributed by atoms with Crippen molar-refractivity contribution in [2.75, 3.05) is 11.5 Å². The SMILES string of the molecule is Cc1cccc(-c2c(N)c(N)cc3ccccc23)c1. The van der Waals surface area contributed by atoms with Crippen molar-refractivity contribution in [1.29, 1.82) is 0 Å². The number of fused-ring (bicyclic) bond motifs is 1. The van der Waals surface area contributed by atoms with E-state index in [9.17, 15) is 0 Å². The van der Waals surface area contributed by atoms with Crippen LogP contribution in [-0.4, -0.2) is 0 Å². The van der Waals surface area contributed by atoms with Crippen LogP contribution in [0, 0.1) is 6.92 Å². The van der Waals surface area contributed by atoms with Gasteiger partial charge in [0.05, 0.1) is 11.4 Å². The van der Waals surface area contributed by atoms with E-state index in [2.05, 4.69) is 37.3 Å². The van der Waals surface area contributed by atoms with E-state index in [1.165, 1.54) is 5.56 Å². The lowest BCUT2D eigenvalue weighted by atomic mass is 9.94. The highest BCUT2D eigenvalue weighted by Crippen LogP contribution is 2.37. The first kappa shape index (κ1) is 11.6. The Balaban J connectivity index is 2.42. The number of benzene rings is 3. The highest BCUT2D eigenvalue weighted by Gasteiger charge is 2.11. The van der Waals surface area contributed by atoms with Crippen LogP contribution < -0.4 is 11.5 Å². The van der Waals surface area contributed by atoms with Crippen LogP contribution in [0.25, 0.3) is 21.9 Å². The normalized spacial score (nSPS) is 10.8. The van der Waals surface area contributed by atoms with Gasteiger partial charge in [0, 0.05) is 5.56 Å². The topological polar surface area (TPSA) is 52.0 Å². The molecule has 3 aromatic rings. The average molecular weight is 248 g/mol. The summed E-state index contributed by atoms with van der Waals surface area (Å²) >= 11 is 0. The third-order valence-corrected chi connectivity index (χ3v) is 3.43. The Bertz CT molecular complexity index is 760. The molecule has 0 saturated carbocycles. The second-order valence-corrected chi connectivity index (χ2v) is 4.85. The largest absolute Gasteiger partial charge is 0.397 e. The van der Waals surface area contributed by atoms with Gasteiger partial charge >= 0.3 is 0 Å². The number of hydrogen-bond donors (Lipinski definition) is 2. The predicted molar refractivity (Wildman–Crippen MR) is 82.9 cm³/mol. The highest BCUT2D eigenvalue weighted by molar-refractivity contribution is 6.06. The van der Waals surface area contributed by atoms with Gasteiger partial charge in [0.15, 0.2) is 0 Å². The van der Waals surface area contributed by atoms with Gasteiger partial charge in [-0.1, -0.05) is 54.1 Å². The maximum atomic E-state index is 6.21. The molecule has 4 N–H and O–H groups in total. The van der Waals surface area contributed by atoms with E-state index in [1.54, 1.807) is 0 Å². The van der Waals surface area contributed by atoms with Gasteiger partial charge < -0.3 is 11.5 Å². The third-order valence-electron chi connectivity index (χ3n) is 3.43. The van der Waals surface area contributed by atoms with Crippen LogP contribution in [0.4, 0.5) is 11.4 Å². The molecular weight excluding hydrogens is 232 g/mol. The molecular formula is C17H16N2. The Kier molecular flexibility index (Phi) is 2.64. The summed E-state index contributed by atoms with van der Waals surface area (Å²) in [5, 5.41) is 2.26. The summed E-state index contributed by atoms with van der Waals surface area (Å²) in [6.07, 6.45) is 0. The number of nitrogens with two attached hydrogens (primary N) is 2. The first-order valence-electron chi connectivity index (χ1n) is 6.30. The molecule has 0 heterocycles. The zero-order chi connectivity index (χ0) is 13.4. The van der Waals surface area contributed by atoms with Crippen LogP contribution >= 0.6 is 0 Å². The zero-order valence-corrected chi connectivity index (χ0v) is 10.9. The van der Waals surface area contributed by atoms with Gasteiger partial charge in [-0.25, -0.2) is 0 Å². The summed E-state index contributed by atoms with van der Waals surface area (Å²) < 4.78 is 0. The van der Waals surface area contributed by atoms with Gasteiger partial charge in [-0.05, 0) is 29.3 Å². The predicted octanol–water partition coefficient (Wildman–Crippen LogP) is 3.98. The molecule has 0 spiro atoms. The van der Waals surface area contributed by atoms with Crippen LogP contribution in [-0.2, 0) is 0 Å². The second kappa shape index (κ2) is 4.32. The summed E-state index contributed by atoms with van der Waals surface area (Å²) in [6, 6.07) is 18.4. The van der Waals surface area contributed by atoms with E-state index >= 15 is 0 Å². The summed E-state index contributed by atoms with van der Waals surface area (Å²) in [6.45, 7) is 2.08. The van der Waals surface area contributed by atoms with Crippen molar-refractivity contribution in [3.8, 4) is 11.1 Å². The number of anilines is 2. The molecule has 0 bridgehead atoms. The molecule has 0 aliphatic heterocycles. The first-order valence-corrected chi connectivity index (χ1v) is 6.30. The molecule has 0 aromatic heterocycles. The number of hydrogen-bond acceptors (Lipinski definition) is 2. The molecule has 19 heavy (non-hydrogen) atoms.